The number of hydrogen-bond donors (Lipinski definition) is 1. The van der Waals surface area contributed by atoms with Crippen LogP contribution in [0.3, 0.4) is 0 Å². The highest BCUT2D eigenvalue weighted by Crippen LogP contribution is 2.34. The van der Waals surface area contributed by atoms with Gasteiger partial charge in [-0.2, -0.15) is 0 Å². The summed E-state index contributed by atoms with van der Waals surface area (Å²) in [7, 11) is 0. The molecular weight excluding hydrogens is 460 g/mol. The summed E-state index contributed by atoms with van der Waals surface area (Å²) in [5.41, 5.74) is 8.73. The molecule has 1 atom stereocenters. The van der Waals surface area contributed by atoms with Gasteiger partial charge in [-0.15, -0.1) is 0 Å². The summed E-state index contributed by atoms with van der Waals surface area (Å²) in [6.07, 6.45) is 0. The predicted molar refractivity (Wildman–Crippen MR) is 102 cm³/mol. The molecule has 106 valence electrons. The smallest absolute Gasteiger partial charge is 0.0568 e. The third kappa shape index (κ3) is 2.97. The van der Waals surface area contributed by atoms with Gasteiger partial charge in [-0.3, -0.25) is 0 Å². The fourth-order valence-corrected chi connectivity index (χ4v) is 3.75. The van der Waals surface area contributed by atoms with E-state index in [1.807, 2.05) is 36.4 Å². The van der Waals surface area contributed by atoms with Crippen LogP contribution in [0.5, 0.6) is 0 Å². The van der Waals surface area contributed by atoms with Crippen molar-refractivity contribution in [3.05, 3.63) is 78.8 Å². The Balaban J connectivity index is 2.20. The SMILES string of the molecule is NC(c1cc(Br)ccc1I)c1ccc(Cl)c2ccccc12. The zero-order chi connectivity index (χ0) is 15.0. The first-order chi connectivity index (χ1) is 10.1. The molecule has 0 saturated heterocycles. The summed E-state index contributed by atoms with van der Waals surface area (Å²) in [6, 6.07) is 18.0. The topological polar surface area (TPSA) is 26.0 Å². The van der Waals surface area contributed by atoms with Crippen LogP contribution >= 0.6 is 50.1 Å². The lowest BCUT2D eigenvalue weighted by Crippen LogP contribution is -2.14. The minimum absolute atomic E-state index is 0.184. The van der Waals surface area contributed by atoms with E-state index in [4.69, 9.17) is 17.3 Å². The normalized spacial score (nSPS) is 12.6. The van der Waals surface area contributed by atoms with Crippen molar-refractivity contribution in [2.45, 2.75) is 6.04 Å². The van der Waals surface area contributed by atoms with Crippen LogP contribution in [0.15, 0.2) is 59.1 Å². The molecule has 0 aliphatic carbocycles. The van der Waals surface area contributed by atoms with E-state index in [0.717, 1.165) is 35.0 Å². The van der Waals surface area contributed by atoms with Gasteiger partial charge >= 0.3 is 0 Å². The number of fused-ring (bicyclic) bond motifs is 1. The molecule has 0 heterocycles. The summed E-state index contributed by atoms with van der Waals surface area (Å²) >= 11 is 12.1. The Hall–Kier alpha value is -0.620. The average Bonchev–Trinajstić information content (AvgIpc) is 2.50. The molecule has 0 radical (unpaired) electrons. The van der Waals surface area contributed by atoms with Crippen molar-refractivity contribution in [1.29, 1.82) is 0 Å². The molecular formula is C17H12BrClIN. The molecule has 21 heavy (non-hydrogen) atoms. The van der Waals surface area contributed by atoms with Crippen molar-refractivity contribution in [1.82, 2.24) is 0 Å². The van der Waals surface area contributed by atoms with Gasteiger partial charge in [-0.1, -0.05) is 57.9 Å². The number of halogens is 3. The van der Waals surface area contributed by atoms with E-state index in [1.54, 1.807) is 0 Å². The molecule has 0 saturated carbocycles. The van der Waals surface area contributed by atoms with E-state index in [9.17, 15) is 0 Å². The van der Waals surface area contributed by atoms with Crippen molar-refractivity contribution in [3.8, 4) is 0 Å². The standard InChI is InChI=1S/C17H12BrClIN/c18-10-5-8-16(20)14(9-10)17(21)13-6-7-15(19)12-4-2-1-3-11(12)13/h1-9,17H,21H2. The number of benzene rings is 3. The Morgan fingerprint density at radius 3 is 2.43 bits per heavy atom. The van der Waals surface area contributed by atoms with Crippen LogP contribution in [-0.4, -0.2) is 0 Å². The molecule has 1 unspecified atom stereocenters. The molecule has 0 fully saturated rings. The highest BCUT2D eigenvalue weighted by Gasteiger charge is 2.16. The van der Waals surface area contributed by atoms with Crippen molar-refractivity contribution < 1.29 is 0 Å². The Morgan fingerprint density at radius 1 is 0.952 bits per heavy atom. The van der Waals surface area contributed by atoms with Gasteiger partial charge < -0.3 is 5.73 Å². The van der Waals surface area contributed by atoms with E-state index in [2.05, 4.69) is 56.7 Å². The molecule has 0 aliphatic heterocycles. The van der Waals surface area contributed by atoms with Crippen molar-refractivity contribution in [2.75, 3.05) is 0 Å². The molecule has 0 bridgehead atoms. The summed E-state index contributed by atoms with van der Waals surface area (Å²) in [5.74, 6) is 0. The van der Waals surface area contributed by atoms with Crippen molar-refractivity contribution in [3.63, 3.8) is 0 Å². The monoisotopic (exact) mass is 471 g/mol. The maximum absolute atomic E-state index is 6.53. The second-order valence-corrected chi connectivity index (χ2v) is 7.31. The lowest BCUT2D eigenvalue weighted by atomic mass is 9.94. The number of nitrogens with two attached hydrogens (primary N) is 1. The second kappa shape index (κ2) is 6.24. The average molecular weight is 473 g/mol. The number of rotatable bonds is 2. The van der Waals surface area contributed by atoms with E-state index in [0.29, 0.717) is 0 Å². The van der Waals surface area contributed by atoms with Crippen LogP contribution in [-0.2, 0) is 0 Å². The van der Waals surface area contributed by atoms with E-state index < -0.39 is 0 Å². The maximum Gasteiger partial charge on any atom is 0.0568 e. The lowest BCUT2D eigenvalue weighted by Gasteiger charge is -2.17. The first-order valence-electron chi connectivity index (χ1n) is 6.45. The van der Waals surface area contributed by atoms with E-state index in [1.165, 1.54) is 0 Å². The van der Waals surface area contributed by atoms with Gasteiger partial charge in [0.25, 0.3) is 0 Å². The molecule has 2 N–H and O–H groups in total. The van der Waals surface area contributed by atoms with Crippen molar-refractivity contribution >= 4 is 60.9 Å². The highest BCUT2D eigenvalue weighted by molar-refractivity contribution is 14.1. The first-order valence-corrected chi connectivity index (χ1v) is 8.70. The van der Waals surface area contributed by atoms with Gasteiger partial charge in [0.05, 0.1) is 6.04 Å². The Labute approximate surface area is 150 Å². The Morgan fingerprint density at radius 2 is 1.67 bits per heavy atom. The fraction of sp³-hybridized carbons (Fsp3) is 0.0588. The third-order valence-electron chi connectivity index (χ3n) is 3.53. The van der Waals surface area contributed by atoms with Gasteiger partial charge in [0.15, 0.2) is 0 Å². The van der Waals surface area contributed by atoms with Gasteiger partial charge in [-0.25, -0.2) is 0 Å². The van der Waals surface area contributed by atoms with Crippen LogP contribution in [0.2, 0.25) is 5.02 Å². The summed E-state index contributed by atoms with van der Waals surface area (Å²) < 4.78 is 2.19. The lowest BCUT2D eigenvalue weighted by molar-refractivity contribution is 0.873. The largest absolute Gasteiger partial charge is 0.320 e. The summed E-state index contributed by atoms with van der Waals surface area (Å²) in [5, 5.41) is 2.90. The molecule has 0 aliphatic rings. The third-order valence-corrected chi connectivity index (χ3v) is 5.34. The predicted octanol–water partition coefficient (Wildman–Crippen LogP) is 5.91. The first kappa shape index (κ1) is 15.3. The van der Waals surface area contributed by atoms with E-state index >= 15 is 0 Å². The summed E-state index contributed by atoms with van der Waals surface area (Å²) in [6.45, 7) is 0. The van der Waals surface area contributed by atoms with Crippen LogP contribution in [0, 0.1) is 3.57 Å². The molecule has 0 spiro atoms. The van der Waals surface area contributed by atoms with Crippen LogP contribution in [0.25, 0.3) is 10.8 Å². The molecule has 0 amide bonds. The summed E-state index contributed by atoms with van der Waals surface area (Å²) in [4.78, 5) is 0. The van der Waals surface area contributed by atoms with E-state index in [-0.39, 0.29) is 6.04 Å². The van der Waals surface area contributed by atoms with Gasteiger partial charge in [0, 0.05) is 18.5 Å². The van der Waals surface area contributed by atoms with Crippen molar-refractivity contribution in [2.24, 2.45) is 5.73 Å². The quantitative estimate of drug-likeness (QED) is 0.461. The Kier molecular flexibility index (Phi) is 4.54. The van der Waals surface area contributed by atoms with Gasteiger partial charge in [0.2, 0.25) is 0 Å². The zero-order valence-electron chi connectivity index (χ0n) is 11.0. The Bertz CT molecular complexity index is 819. The highest BCUT2D eigenvalue weighted by atomic mass is 127. The number of hydrogen-bond acceptors (Lipinski definition) is 1. The minimum Gasteiger partial charge on any atom is -0.320 e. The molecule has 1 nitrogen and oxygen atoms in total. The van der Waals surface area contributed by atoms with Gasteiger partial charge in [0.1, 0.15) is 0 Å². The molecule has 3 rings (SSSR count). The van der Waals surface area contributed by atoms with Crippen LogP contribution < -0.4 is 5.73 Å². The molecule has 3 aromatic rings. The molecule has 0 aromatic heterocycles. The van der Waals surface area contributed by atoms with Crippen LogP contribution in [0.4, 0.5) is 0 Å². The maximum atomic E-state index is 6.53. The second-order valence-electron chi connectivity index (χ2n) is 4.83. The fourth-order valence-electron chi connectivity index (χ4n) is 2.48. The molecule has 4 heteroatoms. The minimum atomic E-state index is -0.184. The van der Waals surface area contributed by atoms with Crippen LogP contribution in [0.1, 0.15) is 17.2 Å². The molecule has 3 aromatic carbocycles. The van der Waals surface area contributed by atoms with Gasteiger partial charge in [-0.05, 0) is 63.4 Å². The zero-order valence-corrected chi connectivity index (χ0v) is 15.5.